The van der Waals surface area contributed by atoms with Gasteiger partial charge >= 0.3 is 0 Å². The van der Waals surface area contributed by atoms with Crippen molar-refractivity contribution in [1.82, 2.24) is 0 Å². The Morgan fingerprint density at radius 1 is 1.10 bits per heavy atom. The first-order valence-corrected chi connectivity index (χ1v) is 7.67. The average Bonchev–Trinajstić information content (AvgIpc) is 2.46. The Hall–Kier alpha value is -1.32. The number of rotatable bonds is 5. The summed E-state index contributed by atoms with van der Waals surface area (Å²) < 4.78 is 7.23. The Balaban J connectivity index is 2.34. The van der Waals surface area contributed by atoms with Gasteiger partial charge in [0.05, 0.1) is 0 Å². The summed E-state index contributed by atoms with van der Waals surface area (Å²) in [5, 5.41) is 0. The Morgan fingerprint density at radius 3 is 2.40 bits per heavy atom. The number of ether oxygens (including phenoxy) is 1. The molecule has 0 bridgehead atoms. The zero-order chi connectivity index (χ0) is 14.5. The van der Waals surface area contributed by atoms with Gasteiger partial charge in [-0.1, -0.05) is 59.3 Å². The van der Waals surface area contributed by atoms with Gasteiger partial charge in [-0.15, -0.1) is 0 Å². The minimum absolute atomic E-state index is 0.0985. The van der Waals surface area contributed by atoms with Gasteiger partial charge < -0.3 is 10.5 Å². The van der Waals surface area contributed by atoms with Crippen molar-refractivity contribution in [3.8, 4) is 5.75 Å². The molecule has 0 aromatic heterocycles. The number of nitrogens with two attached hydrogens (primary N) is 1. The second-order valence-corrected chi connectivity index (χ2v) is 5.73. The molecular formula is C17H20BrNO. The van der Waals surface area contributed by atoms with E-state index in [2.05, 4.69) is 28.9 Å². The van der Waals surface area contributed by atoms with Gasteiger partial charge in [0.15, 0.2) is 0 Å². The predicted octanol–water partition coefficient (Wildman–Crippen LogP) is 4.48. The molecule has 2 N–H and O–H groups in total. The number of halogens is 1. The van der Waals surface area contributed by atoms with Crippen LogP contribution in [-0.4, -0.2) is 6.04 Å². The van der Waals surface area contributed by atoms with Gasteiger partial charge in [0.25, 0.3) is 0 Å². The highest BCUT2D eigenvalue weighted by molar-refractivity contribution is 9.10. The molecule has 3 heteroatoms. The minimum Gasteiger partial charge on any atom is -0.484 e. The maximum atomic E-state index is 6.21. The molecule has 20 heavy (non-hydrogen) atoms. The lowest BCUT2D eigenvalue weighted by Gasteiger charge is -2.25. The Morgan fingerprint density at radius 2 is 1.75 bits per heavy atom. The van der Waals surface area contributed by atoms with Gasteiger partial charge in [-0.3, -0.25) is 0 Å². The number of hydrogen-bond donors (Lipinski definition) is 1. The van der Waals surface area contributed by atoms with Gasteiger partial charge in [0, 0.05) is 16.1 Å². The quantitative estimate of drug-likeness (QED) is 0.875. The van der Waals surface area contributed by atoms with Crippen molar-refractivity contribution in [1.29, 1.82) is 0 Å². The van der Waals surface area contributed by atoms with E-state index in [1.807, 2.05) is 49.4 Å². The van der Waals surface area contributed by atoms with Crippen molar-refractivity contribution in [3.05, 3.63) is 64.1 Å². The molecule has 2 unspecified atom stereocenters. The molecule has 106 valence electrons. The van der Waals surface area contributed by atoms with Crippen LogP contribution in [-0.2, 0) is 6.42 Å². The van der Waals surface area contributed by atoms with Crippen LogP contribution < -0.4 is 10.5 Å². The number of hydrogen-bond acceptors (Lipinski definition) is 2. The summed E-state index contributed by atoms with van der Waals surface area (Å²) in [6.07, 6.45) is 0.774. The van der Waals surface area contributed by atoms with E-state index in [0.717, 1.165) is 22.2 Å². The van der Waals surface area contributed by atoms with Crippen molar-refractivity contribution in [2.45, 2.75) is 32.4 Å². The molecular weight excluding hydrogens is 314 g/mol. The maximum absolute atomic E-state index is 6.21. The van der Waals surface area contributed by atoms with E-state index in [1.165, 1.54) is 5.56 Å². The summed E-state index contributed by atoms with van der Waals surface area (Å²) in [6.45, 7) is 4.10. The zero-order valence-electron chi connectivity index (χ0n) is 11.8. The first kappa shape index (κ1) is 15.1. The summed E-state index contributed by atoms with van der Waals surface area (Å²) in [6, 6.07) is 16.1. The Kier molecular flexibility index (Phi) is 5.21. The van der Waals surface area contributed by atoms with Crippen molar-refractivity contribution < 1.29 is 4.74 Å². The van der Waals surface area contributed by atoms with Gasteiger partial charge in [-0.2, -0.15) is 0 Å². The van der Waals surface area contributed by atoms with Crippen molar-refractivity contribution in [2.24, 2.45) is 5.73 Å². The number of aryl methyl sites for hydroxylation is 1. The molecule has 0 aliphatic carbocycles. The largest absolute Gasteiger partial charge is 0.484 e. The molecule has 0 aliphatic heterocycles. The summed E-state index contributed by atoms with van der Waals surface area (Å²) in [4.78, 5) is 0. The maximum Gasteiger partial charge on any atom is 0.140 e. The third-order valence-electron chi connectivity index (χ3n) is 3.30. The van der Waals surface area contributed by atoms with E-state index in [1.54, 1.807) is 0 Å². The topological polar surface area (TPSA) is 35.2 Å². The lowest BCUT2D eigenvalue weighted by molar-refractivity contribution is 0.178. The molecule has 0 spiro atoms. The van der Waals surface area contributed by atoms with E-state index < -0.39 is 0 Å². The monoisotopic (exact) mass is 333 g/mol. The molecule has 0 saturated heterocycles. The van der Waals surface area contributed by atoms with Crippen LogP contribution >= 0.6 is 15.9 Å². The molecule has 0 fully saturated rings. The second kappa shape index (κ2) is 6.91. The van der Waals surface area contributed by atoms with E-state index in [9.17, 15) is 0 Å². The molecule has 2 aromatic carbocycles. The molecule has 2 atom stereocenters. The van der Waals surface area contributed by atoms with Crippen LogP contribution in [0.4, 0.5) is 0 Å². The number of benzene rings is 2. The van der Waals surface area contributed by atoms with Gasteiger partial charge in [0.1, 0.15) is 11.9 Å². The predicted molar refractivity (Wildman–Crippen MR) is 87.0 cm³/mol. The first-order valence-electron chi connectivity index (χ1n) is 6.88. The van der Waals surface area contributed by atoms with Crippen molar-refractivity contribution in [3.63, 3.8) is 0 Å². The third-order valence-corrected chi connectivity index (χ3v) is 4.02. The summed E-state index contributed by atoms with van der Waals surface area (Å²) in [5.74, 6) is 0.910. The van der Waals surface area contributed by atoms with E-state index >= 15 is 0 Å². The van der Waals surface area contributed by atoms with Crippen LogP contribution in [0.1, 0.15) is 31.1 Å². The fraction of sp³-hybridized carbons (Fsp3) is 0.294. The van der Waals surface area contributed by atoms with Crippen LogP contribution in [0.3, 0.4) is 0 Å². The number of para-hydroxylation sites is 1. The summed E-state index contributed by atoms with van der Waals surface area (Å²) in [5.41, 5.74) is 8.41. The molecule has 0 aliphatic rings. The normalized spacial score (nSPS) is 13.8. The van der Waals surface area contributed by atoms with Crippen LogP contribution in [0, 0.1) is 0 Å². The van der Waals surface area contributed by atoms with Crippen LogP contribution in [0.2, 0.25) is 0 Å². The molecule has 2 rings (SSSR count). The molecule has 0 radical (unpaired) electrons. The fourth-order valence-corrected chi connectivity index (χ4v) is 2.72. The Labute approximate surface area is 129 Å². The van der Waals surface area contributed by atoms with Crippen LogP contribution in [0.15, 0.2) is 53.0 Å². The van der Waals surface area contributed by atoms with Gasteiger partial charge in [-0.25, -0.2) is 0 Å². The molecule has 2 nitrogen and oxygen atoms in total. The lowest BCUT2D eigenvalue weighted by atomic mass is 10.0. The zero-order valence-corrected chi connectivity index (χ0v) is 13.4. The van der Waals surface area contributed by atoms with Gasteiger partial charge in [-0.05, 0) is 31.0 Å². The van der Waals surface area contributed by atoms with Crippen LogP contribution in [0.5, 0.6) is 5.75 Å². The molecule has 0 amide bonds. The highest BCUT2D eigenvalue weighted by Gasteiger charge is 2.21. The van der Waals surface area contributed by atoms with Gasteiger partial charge in [0.2, 0.25) is 0 Å². The molecule has 0 heterocycles. The molecule has 2 aromatic rings. The van der Waals surface area contributed by atoms with Crippen molar-refractivity contribution >= 4 is 15.9 Å². The van der Waals surface area contributed by atoms with E-state index in [-0.39, 0.29) is 12.1 Å². The highest BCUT2D eigenvalue weighted by Crippen LogP contribution is 2.31. The standard InChI is InChI=1S/C17H20BrNO/c1-3-13-8-4-7-11-16(13)20-17(12(2)19)14-9-5-6-10-15(14)18/h4-12,17H,3,19H2,1-2H3. The second-order valence-electron chi connectivity index (χ2n) is 4.88. The fourth-order valence-electron chi connectivity index (χ4n) is 2.21. The van der Waals surface area contributed by atoms with Crippen molar-refractivity contribution in [2.75, 3.05) is 0 Å². The van der Waals surface area contributed by atoms with Crippen LogP contribution in [0.25, 0.3) is 0 Å². The Bertz CT molecular complexity index is 568. The summed E-state index contributed by atoms with van der Waals surface area (Å²) >= 11 is 3.58. The SMILES string of the molecule is CCc1ccccc1OC(c1ccccc1Br)C(C)N. The average molecular weight is 334 g/mol. The highest BCUT2D eigenvalue weighted by atomic mass is 79.9. The molecule has 0 saturated carbocycles. The van der Waals surface area contributed by atoms with E-state index in [4.69, 9.17) is 10.5 Å². The lowest BCUT2D eigenvalue weighted by Crippen LogP contribution is -2.29. The summed E-state index contributed by atoms with van der Waals surface area (Å²) in [7, 11) is 0. The third kappa shape index (κ3) is 3.41. The van der Waals surface area contributed by atoms with E-state index in [0.29, 0.717) is 0 Å². The smallest absolute Gasteiger partial charge is 0.140 e. The first-order chi connectivity index (χ1) is 9.63. The minimum atomic E-state index is -0.168.